The normalized spacial score (nSPS) is 11.4. The Bertz CT molecular complexity index is 609. The zero-order chi connectivity index (χ0) is 14.8. The maximum Gasteiger partial charge on any atom is 0.433 e. The van der Waals surface area contributed by atoms with Gasteiger partial charge in [-0.15, -0.1) is 0 Å². The zero-order valence-corrected chi connectivity index (χ0v) is 11.1. The number of hydrogen-bond donors (Lipinski definition) is 1. The molecule has 2 aromatic rings. The van der Waals surface area contributed by atoms with Gasteiger partial charge in [-0.1, -0.05) is 23.8 Å². The van der Waals surface area contributed by atoms with Crippen LogP contribution in [0.4, 0.5) is 19.1 Å². The molecule has 106 valence electrons. The Hall–Kier alpha value is -2.11. The molecule has 0 fully saturated rings. The van der Waals surface area contributed by atoms with E-state index in [4.69, 9.17) is 0 Å². The Labute approximate surface area is 114 Å². The third kappa shape index (κ3) is 3.26. The van der Waals surface area contributed by atoms with Gasteiger partial charge in [0.25, 0.3) is 0 Å². The highest BCUT2D eigenvalue weighted by molar-refractivity contribution is 5.61. The van der Waals surface area contributed by atoms with Crippen molar-refractivity contribution in [2.45, 2.75) is 20.0 Å². The lowest BCUT2D eigenvalue weighted by molar-refractivity contribution is -0.141. The summed E-state index contributed by atoms with van der Waals surface area (Å²) in [5.41, 5.74) is 0.906. The molecule has 1 N–H and O–H groups in total. The average Bonchev–Trinajstić information content (AvgIpc) is 2.38. The minimum atomic E-state index is -4.49. The van der Waals surface area contributed by atoms with Crippen LogP contribution in [0.25, 0.3) is 11.3 Å². The Balaban J connectivity index is 2.54. The number of aryl methyl sites for hydroxylation is 1. The molecule has 0 saturated heterocycles. The third-order valence-electron chi connectivity index (χ3n) is 2.67. The number of rotatable bonds is 3. The van der Waals surface area contributed by atoms with Crippen molar-refractivity contribution >= 4 is 5.95 Å². The Kier molecular flexibility index (Phi) is 3.92. The molecule has 6 heteroatoms. The zero-order valence-electron chi connectivity index (χ0n) is 11.1. The van der Waals surface area contributed by atoms with Crippen molar-refractivity contribution in [1.82, 2.24) is 9.97 Å². The van der Waals surface area contributed by atoms with E-state index in [1.54, 1.807) is 25.1 Å². The molecule has 0 amide bonds. The van der Waals surface area contributed by atoms with E-state index < -0.39 is 11.9 Å². The van der Waals surface area contributed by atoms with Gasteiger partial charge in [0.15, 0.2) is 5.69 Å². The van der Waals surface area contributed by atoms with Gasteiger partial charge in [-0.3, -0.25) is 0 Å². The summed E-state index contributed by atoms with van der Waals surface area (Å²) < 4.78 is 38.6. The van der Waals surface area contributed by atoms with E-state index in [1.165, 1.54) is 0 Å². The fourth-order valence-electron chi connectivity index (χ4n) is 1.78. The second-order valence-electron chi connectivity index (χ2n) is 4.36. The smallest absolute Gasteiger partial charge is 0.354 e. The number of anilines is 1. The predicted octanol–water partition coefficient (Wildman–Crippen LogP) is 3.90. The van der Waals surface area contributed by atoms with Crippen molar-refractivity contribution in [3.8, 4) is 11.3 Å². The van der Waals surface area contributed by atoms with Crippen LogP contribution in [0.3, 0.4) is 0 Å². The maximum absolute atomic E-state index is 12.9. The summed E-state index contributed by atoms with van der Waals surface area (Å²) in [7, 11) is 0. The molecule has 0 aliphatic heterocycles. The summed E-state index contributed by atoms with van der Waals surface area (Å²) in [4.78, 5) is 7.62. The molecule has 2 rings (SSSR count). The van der Waals surface area contributed by atoms with Crippen LogP contribution in [-0.2, 0) is 6.18 Å². The van der Waals surface area contributed by atoms with Gasteiger partial charge in [0.05, 0.1) is 5.69 Å². The first-order valence-electron chi connectivity index (χ1n) is 6.17. The number of nitrogens with zero attached hydrogens (tertiary/aromatic N) is 2. The average molecular weight is 281 g/mol. The molecule has 3 nitrogen and oxygen atoms in total. The Morgan fingerprint density at radius 1 is 1.15 bits per heavy atom. The lowest BCUT2D eigenvalue weighted by atomic mass is 10.1. The van der Waals surface area contributed by atoms with Gasteiger partial charge in [-0.05, 0) is 26.0 Å². The number of halogens is 3. The summed E-state index contributed by atoms with van der Waals surface area (Å²) in [5, 5.41) is 2.72. The molecule has 1 heterocycles. The molecule has 0 aliphatic rings. The van der Waals surface area contributed by atoms with E-state index in [9.17, 15) is 13.2 Å². The lowest BCUT2D eigenvalue weighted by Crippen LogP contribution is -2.12. The molecule has 0 radical (unpaired) electrons. The molecule has 0 aliphatic carbocycles. The molecule has 0 saturated carbocycles. The van der Waals surface area contributed by atoms with Gasteiger partial charge < -0.3 is 5.32 Å². The van der Waals surface area contributed by atoms with Crippen LogP contribution in [0.1, 0.15) is 18.2 Å². The van der Waals surface area contributed by atoms with Crippen molar-refractivity contribution in [2.24, 2.45) is 0 Å². The van der Waals surface area contributed by atoms with E-state index >= 15 is 0 Å². The topological polar surface area (TPSA) is 37.8 Å². The van der Waals surface area contributed by atoms with Crippen LogP contribution >= 0.6 is 0 Å². The Morgan fingerprint density at radius 3 is 2.50 bits per heavy atom. The molecule has 20 heavy (non-hydrogen) atoms. The molecule has 1 aromatic heterocycles. The van der Waals surface area contributed by atoms with Crippen LogP contribution < -0.4 is 5.32 Å². The van der Waals surface area contributed by atoms with Gasteiger partial charge in [0.1, 0.15) is 0 Å². The number of aromatic nitrogens is 2. The van der Waals surface area contributed by atoms with E-state index in [-0.39, 0.29) is 11.6 Å². The quantitative estimate of drug-likeness (QED) is 0.927. The van der Waals surface area contributed by atoms with Gasteiger partial charge in [0.2, 0.25) is 5.95 Å². The number of nitrogens with one attached hydrogen (secondary N) is 1. The molecule has 1 aromatic carbocycles. The van der Waals surface area contributed by atoms with Crippen LogP contribution in [0.5, 0.6) is 0 Å². The summed E-state index contributed by atoms with van der Waals surface area (Å²) in [5.74, 6) is -0.0150. The van der Waals surface area contributed by atoms with Crippen LogP contribution in [-0.4, -0.2) is 16.5 Å². The Morgan fingerprint density at radius 2 is 1.90 bits per heavy atom. The van der Waals surface area contributed by atoms with Crippen LogP contribution in [0.2, 0.25) is 0 Å². The van der Waals surface area contributed by atoms with Gasteiger partial charge in [-0.2, -0.15) is 13.2 Å². The summed E-state index contributed by atoms with van der Waals surface area (Å²) >= 11 is 0. The minimum Gasteiger partial charge on any atom is -0.354 e. The SMILES string of the molecule is CCNc1nc(-c2cccc(C)c2)cc(C(F)(F)F)n1. The van der Waals surface area contributed by atoms with Gasteiger partial charge in [0, 0.05) is 12.1 Å². The molecule has 0 atom stereocenters. The van der Waals surface area contributed by atoms with Gasteiger partial charge >= 0.3 is 6.18 Å². The summed E-state index contributed by atoms with van der Waals surface area (Å²) in [6, 6.07) is 8.15. The second-order valence-corrected chi connectivity index (χ2v) is 4.36. The second kappa shape index (κ2) is 5.48. The highest BCUT2D eigenvalue weighted by Gasteiger charge is 2.33. The van der Waals surface area contributed by atoms with Crippen LogP contribution in [0, 0.1) is 6.92 Å². The summed E-state index contributed by atoms with van der Waals surface area (Å²) in [6.07, 6.45) is -4.49. The van der Waals surface area contributed by atoms with Gasteiger partial charge in [-0.25, -0.2) is 9.97 Å². The van der Waals surface area contributed by atoms with E-state index in [0.29, 0.717) is 12.1 Å². The fourth-order valence-corrected chi connectivity index (χ4v) is 1.78. The molecular formula is C14H14F3N3. The monoisotopic (exact) mass is 281 g/mol. The maximum atomic E-state index is 12.9. The molecular weight excluding hydrogens is 267 g/mol. The van der Waals surface area contributed by atoms with Crippen LogP contribution in [0.15, 0.2) is 30.3 Å². The predicted molar refractivity (Wildman–Crippen MR) is 71.4 cm³/mol. The van der Waals surface area contributed by atoms with Crippen molar-refractivity contribution in [2.75, 3.05) is 11.9 Å². The highest BCUT2D eigenvalue weighted by atomic mass is 19.4. The molecule has 0 unspecified atom stereocenters. The summed E-state index contributed by atoms with van der Waals surface area (Å²) in [6.45, 7) is 4.10. The van der Waals surface area contributed by atoms with Crippen molar-refractivity contribution in [3.05, 3.63) is 41.6 Å². The standard InChI is InChI=1S/C14H14F3N3/c1-3-18-13-19-11(8-12(20-13)14(15,16)17)10-6-4-5-9(2)7-10/h4-8H,3H2,1-2H3,(H,18,19,20). The first-order valence-corrected chi connectivity index (χ1v) is 6.17. The molecule has 0 spiro atoms. The first kappa shape index (κ1) is 14.3. The number of alkyl halides is 3. The van der Waals surface area contributed by atoms with Crippen molar-refractivity contribution < 1.29 is 13.2 Å². The van der Waals surface area contributed by atoms with Crippen molar-refractivity contribution in [3.63, 3.8) is 0 Å². The molecule has 0 bridgehead atoms. The van der Waals surface area contributed by atoms with Crippen molar-refractivity contribution in [1.29, 1.82) is 0 Å². The van der Waals surface area contributed by atoms with E-state index in [0.717, 1.165) is 11.6 Å². The number of hydrogen-bond acceptors (Lipinski definition) is 3. The van der Waals surface area contributed by atoms with E-state index in [2.05, 4.69) is 15.3 Å². The highest BCUT2D eigenvalue weighted by Crippen LogP contribution is 2.31. The largest absolute Gasteiger partial charge is 0.433 e. The fraction of sp³-hybridized carbons (Fsp3) is 0.286. The minimum absolute atomic E-state index is 0.0150. The first-order chi connectivity index (χ1) is 9.40. The number of benzene rings is 1. The lowest BCUT2D eigenvalue weighted by Gasteiger charge is -2.11. The third-order valence-corrected chi connectivity index (χ3v) is 2.67. The van der Waals surface area contributed by atoms with E-state index in [1.807, 2.05) is 13.0 Å².